The molecule has 0 atom stereocenters. The van der Waals surface area contributed by atoms with E-state index in [4.69, 9.17) is 4.74 Å². The molecule has 1 aliphatic rings. The van der Waals surface area contributed by atoms with Crippen LogP contribution in [0, 0.1) is 0 Å². The maximum Gasteiger partial charge on any atom is 0.0587 e. The number of methoxy groups -OCH3 is 1. The van der Waals surface area contributed by atoms with Gasteiger partial charge < -0.3 is 15.0 Å². The summed E-state index contributed by atoms with van der Waals surface area (Å²) in [6.45, 7) is 2.87. The van der Waals surface area contributed by atoms with E-state index < -0.39 is 0 Å². The van der Waals surface area contributed by atoms with Gasteiger partial charge in [0.2, 0.25) is 0 Å². The summed E-state index contributed by atoms with van der Waals surface area (Å²) in [4.78, 5) is 2.36. The van der Waals surface area contributed by atoms with Gasteiger partial charge >= 0.3 is 0 Å². The molecule has 3 nitrogen and oxygen atoms in total. The minimum Gasteiger partial charge on any atom is -0.383 e. The van der Waals surface area contributed by atoms with Crippen LogP contribution in [0.5, 0.6) is 0 Å². The fourth-order valence-corrected chi connectivity index (χ4v) is 1.86. The van der Waals surface area contributed by atoms with Crippen LogP contribution in [0.3, 0.4) is 0 Å². The van der Waals surface area contributed by atoms with E-state index in [0.717, 1.165) is 19.7 Å². The van der Waals surface area contributed by atoms with E-state index in [1.165, 1.54) is 19.3 Å². The Hall–Kier alpha value is -0.120. The highest BCUT2D eigenvalue weighted by atomic mass is 16.5. The molecule has 3 heteroatoms. The first kappa shape index (κ1) is 11.0. The molecule has 0 aromatic rings. The fourth-order valence-electron chi connectivity index (χ4n) is 1.86. The minimum absolute atomic E-state index is 0.438. The first-order valence-corrected chi connectivity index (χ1v) is 5.08. The Bertz CT molecular complexity index is 144. The van der Waals surface area contributed by atoms with Crippen LogP contribution in [0.15, 0.2) is 0 Å². The molecule has 78 valence electrons. The zero-order valence-corrected chi connectivity index (χ0v) is 9.10. The standard InChI is InChI=1S/C10H22N2O/c1-12(2)10(5-4-6-10)9-11-7-8-13-3/h11H,4-9H2,1-3H3. The normalized spacial score (nSPS) is 20.3. The van der Waals surface area contributed by atoms with Gasteiger partial charge in [-0.05, 0) is 33.4 Å². The van der Waals surface area contributed by atoms with Crippen LogP contribution in [0.25, 0.3) is 0 Å². The topological polar surface area (TPSA) is 24.5 Å². The number of hydrogen-bond donors (Lipinski definition) is 1. The molecular formula is C10H22N2O. The molecule has 0 aliphatic heterocycles. The molecule has 0 aromatic heterocycles. The Morgan fingerprint density at radius 1 is 1.38 bits per heavy atom. The Balaban J connectivity index is 2.17. The van der Waals surface area contributed by atoms with Crippen molar-refractivity contribution >= 4 is 0 Å². The first-order chi connectivity index (χ1) is 6.21. The van der Waals surface area contributed by atoms with Gasteiger partial charge in [-0.25, -0.2) is 0 Å². The number of ether oxygens (including phenoxy) is 1. The van der Waals surface area contributed by atoms with E-state index in [2.05, 4.69) is 24.3 Å². The van der Waals surface area contributed by atoms with Crippen LogP contribution in [-0.4, -0.2) is 51.3 Å². The maximum atomic E-state index is 4.99. The second-order valence-corrected chi connectivity index (χ2v) is 4.14. The lowest BCUT2D eigenvalue weighted by molar-refractivity contribution is 0.0581. The van der Waals surface area contributed by atoms with Crippen molar-refractivity contribution in [3.8, 4) is 0 Å². The van der Waals surface area contributed by atoms with Gasteiger partial charge in [0, 0.05) is 25.7 Å². The Morgan fingerprint density at radius 3 is 2.46 bits per heavy atom. The zero-order chi connectivity index (χ0) is 9.73. The van der Waals surface area contributed by atoms with Gasteiger partial charge in [0.1, 0.15) is 0 Å². The molecule has 1 aliphatic carbocycles. The Labute approximate surface area is 81.4 Å². The van der Waals surface area contributed by atoms with Crippen LogP contribution in [0.2, 0.25) is 0 Å². The largest absolute Gasteiger partial charge is 0.383 e. The highest BCUT2D eigenvalue weighted by Crippen LogP contribution is 2.35. The van der Waals surface area contributed by atoms with Crippen molar-refractivity contribution in [1.82, 2.24) is 10.2 Å². The lowest BCUT2D eigenvalue weighted by Crippen LogP contribution is -2.56. The number of rotatable bonds is 6. The summed E-state index contributed by atoms with van der Waals surface area (Å²) in [5, 5.41) is 3.44. The number of hydrogen-bond acceptors (Lipinski definition) is 3. The second-order valence-electron chi connectivity index (χ2n) is 4.14. The summed E-state index contributed by atoms with van der Waals surface area (Å²) in [5.41, 5.74) is 0.438. The summed E-state index contributed by atoms with van der Waals surface area (Å²) >= 11 is 0. The van der Waals surface area contributed by atoms with Crippen LogP contribution in [-0.2, 0) is 4.74 Å². The molecule has 13 heavy (non-hydrogen) atoms. The molecule has 1 rings (SSSR count). The highest BCUT2D eigenvalue weighted by molar-refractivity contribution is 4.97. The van der Waals surface area contributed by atoms with Gasteiger partial charge in [-0.2, -0.15) is 0 Å². The summed E-state index contributed by atoms with van der Waals surface area (Å²) in [6.07, 6.45) is 4.05. The quantitative estimate of drug-likeness (QED) is 0.618. The molecule has 0 unspecified atom stereocenters. The third-order valence-corrected chi connectivity index (χ3v) is 3.17. The highest BCUT2D eigenvalue weighted by Gasteiger charge is 2.38. The van der Waals surface area contributed by atoms with Crippen molar-refractivity contribution in [1.29, 1.82) is 0 Å². The van der Waals surface area contributed by atoms with Crippen molar-refractivity contribution in [3.05, 3.63) is 0 Å². The van der Waals surface area contributed by atoms with Crippen LogP contribution >= 0.6 is 0 Å². The van der Waals surface area contributed by atoms with Gasteiger partial charge in [-0.3, -0.25) is 0 Å². The molecule has 0 radical (unpaired) electrons. The number of nitrogens with zero attached hydrogens (tertiary/aromatic N) is 1. The predicted octanol–water partition coefficient (Wildman–Crippen LogP) is 0.707. The van der Waals surface area contributed by atoms with Crippen LogP contribution in [0.4, 0.5) is 0 Å². The van der Waals surface area contributed by atoms with E-state index >= 15 is 0 Å². The lowest BCUT2D eigenvalue weighted by atomic mass is 9.75. The summed E-state index contributed by atoms with van der Waals surface area (Å²) < 4.78 is 4.99. The Morgan fingerprint density at radius 2 is 2.08 bits per heavy atom. The summed E-state index contributed by atoms with van der Waals surface area (Å²) in [5.74, 6) is 0. The van der Waals surface area contributed by atoms with Gasteiger partial charge in [0.25, 0.3) is 0 Å². The smallest absolute Gasteiger partial charge is 0.0587 e. The van der Waals surface area contributed by atoms with Crippen LogP contribution in [0.1, 0.15) is 19.3 Å². The van der Waals surface area contributed by atoms with Gasteiger partial charge in [0.15, 0.2) is 0 Å². The molecule has 0 spiro atoms. The molecule has 1 saturated carbocycles. The number of nitrogens with one attached hydrogen (secondary N) is 1. The van der Waals surface area contributed by atoms with Crippen molar-refractivity contribution in [2.24, 2.45) is 0 Å². The summed E-state index contributed by atoms with van der Waals surface area (Å²) in [7, 11) is 6.10. The lowest BCUT2D eigenvalue weighted by Gasteiger charge is -2.47. The van der Waals surface area contributed by atoms with Crippen molar-refractivity contribution in [3.63, 3.8) is 0 Å². The second kappa shape index (κ2) is 4.94. The van der Waals surface area contributed by atoms with E-state index in [1.807, 2.05) is 0 Å². The first-order valence-electron chi connectivity index (χ1n) is 5.08. The molecule has 0 amide bonds. The fraction of sp³-hybridized carbons (Fsp3) is 1.00. The van der Waals surface area contributed by atoms with Crippen molar-refractivity contribution in [2.75, 3.05) is 40.9 Å². The van der Waals surface area contributed by atoms with Crippen molar-refractivity contribution in [2.45, 2.75) is 24.8 Å². The third-order valence-electron chi connectivity index (χ3n) is 3.17. The summed E-state index contributed by atoms with van der Waals surface area (Å²) in [6, 6.07) is 0. The molecule has 0 aromatic carbocycles. The van der Waals surface area contributed by atoms with E-state index in [1.54, 1.807) is 7.11 Å². The molecular weight excluding hydrogens is 164 g/mol. The SMILES string of the molecule is COCCNCC1(N(C)C)CCC1. The molecule has 1 fully saturated rings. The van der Waals surface area contributed by atoms with Gasteiger partial charge in [0.05, 0.1) is 6.61 Å². The van der Waals surface area contributed by atoms with Crippen molar-refractivity contribution < 1.29 is 4.74 Å². The molecule has 1 N–H and O–H groups in total. The Kier molecular flexibility index (Phi) is 4.16. The van der Waals surface area contributed by atoms with E-state index in [0.29, 0.717) is 5.54 Å². The zero-order valence-electron chi connectivity index (χ0n) is 9.10. The van der Waals surface area contributed by atoms with Crippen LogP contribution < -0.4 is 5.32 Å². The average Bonchev–Trinajstić information content (AvgIpc) is 2.01. The molecule has 0 bridgehead atoms. The minimum atomic E-state index is 0.438. The maximum absolute atomic E-state index is 4.99. The van der Waals surface area contributed by atoms with E-state index in [-0.39, 0.29) is 0 Å². The predicted molar refractivity (Wildman–Crippen MR) is 55.0 cm³/mol. The van der Waals surface area contributed by atoms with Gasteiger partial charge in [-0.15, -0.1) is 0 Å². The average molecular weight is 186 g/mol. The third kappa shape index (κ3) is 2.66. The molecule has 0 saturated heterocycles. The monoisotopic (exact) mass is 186 g/mol. The van der Waals surface area contributed by atoms with E-state index in [9.17, 15) is 0 Å². The number of likely N-dealkylation sites (N-methyl/N-ethyl adjacent to an activating group) is 1. The van der Waals surface area contributed by atoms with Gasteiger partial charge in [-0.1, -0.05) is 0 Å². The molecule has 0 heterocycles.